The average Bonchev–Trinajstić information content (AvgIpc) is 3.35. The van der Waals surface area contributed by atoms with Crippen LogP contribution in [0.3, 0.4) is 0 Å². The monoisotopic (exact) mass is 513 g/mol. The van der Waals surface area contributed by atoms with Crippen molar-refractivity contribution in [1.29, 1.82) is 10.7 Å². The van der Waals surface area contributed by atoms with Crippen molar-refractivity contribution >= 4 is 39.8 Å². The smallest absolute Gasteiger partial charge is 0.283 e. The number of nitrogens with one attached hydrogen (secondary N) is 1. The highest BCUT2D eigenvalue weighted by Crippen LogP contribution is 2.37. The predicted octanol–water partition coefficient (Wildman–Crippen LogP) is 5.74. The third kappa shape index (κ3) is 5.30. The second-order valence-corrected chi connectivity index (χ2v) is 9.98. The molecule has 3 aliphatic rings. The Morgan fingerprint density at radius 3 is 2.76 bits per heavy atom. The lowest BCUT2D eigenvalue weighted by molar-refractivity contribution is -0.114. The number of carbonyl (C=O) groups is 1. The summed E-state index contributed by atoms with van der Waals surface area (Å²) in [5.41, 5.74) is 2.20. The molecule has 0 bridgehead atoms. The first kappa shape index (κ1) is 24.8. The number of nitriles is 1. The zero-order valence-electron chi connectivity index (χ0n) is 20.6. The fourth-order valence-corrected chi connectivity index (χ4v) is 5.66. The number of benzene rings is 2. The van der Waals surface area contributed by atoms with Crippen LogP contribution in [-0.2, 0) is 11.4 Å². The van der Waals surface area contributed by atoms with Gasteiger partial charge >= 0.3 is 0 Å². The fraction of sp³-hybridized carbons (Fsp3) is 0.321. The Hall–Kier alpha value is -3.90. The molecule has 37 heavy (non-hydrogen) atoms. The van der Waals surface area contributed by atoms with Crippen LogP contribution in [0.15, 0.2) is 58.1 Å². The van der Waals surface area contributed by atoms with E-state index in [4.69, 9.17) is 14.9 Å². The van der Waals surface area contributed by atoms with Crippen LogP contribution >= 0.6 is 11.8 Å². The molecule has 5 rings (SSSR count). The van der Waals surface area contributed by atoms with E-state index in [0.717, 1.165) is 23.4 Å². The summed E-state index contributed by atoms with van der Waals surface area (Å²) >= 11 is 1.41. The highest BCUT2D eigenvalue weighted by atomic mass is 32.2. The molecule has 2 aromatic rings. The lowest BCUT2D eigenvalue weighted by Gasteiger charge is -2.20. The van der Waals surface area contributed by atoms with Crippen LogP contribution in [0.5, 0.6) is 11.5 Å². The zero-order valence-corrected chi connectivity index (χ0v) is 21.4. The quantitative estimate of drug-likeness (QED) is 0.473. The van der Waals surface area contributed by atoms with Crippen LogP contribution in [0, 0.1) is 22.7 Å². The minimum Gasteiger partial charge on any atom is -0.490 e. The number of hydrogen-bond donors (Lipinski definition) is 1. The van der Waals surface area contributed by atoms with Gasteiger partial charge in [-0.3, -0.25) is 10.2 Å². The molecule has 0 atom stereocenters. The molecule has 2 aromatic carbocycles. The van der Waals surface area contributed by atoms with E-state index >= 15 is 0 Å². The maximum absolute atomic E-state index is 12.9. The maximum atomic E-state index is 12.9. The Labute approximate surface area is 220 Å². The Bertz CT molecular complexity index is 1370. The Morgan fingerprint density at radius 1 is 1.16 bits per heavy atom. The van der Waals surface area contributed by atoms with Crippen LogP contribution < -0.4 is 9.47 Å². The van der Waals surface area contributed by atoms with E-state index in [9.17, 15) is 10.1 Å². The molecule has 1 amide bonds. The second-order valence-electron chi connectivity index (χ2n) is 8.99. The number of aliphatic imine (C=N–C) groups is 1. The Balaban J connectivity index is 1.37. The van der Waals surface area contributed by atoms with E-state index < -0.39 is 5.91 Å². The largest absolute Gasteiger partial charge is 0.490 e. The van der Waals surface area contributed by atoms with Crippen LogP contribution in [0.1, 0.15) is 55.7 Å². The summed E-state index contributed by atoms with van der Waals surface area (Å²) in [7, 11) is 0. The number of amides is 1. The van der Waals surface area contributed by atoms with E-state index in [2.05, 4.69) is 16.2 Å². The van der Waals surface area contributed by atoms with Gasteiger partial charge in [-0.15, -0.1) is 0 Å². The van der Waals surface area contributed by atoms with Gasteiger partial charge in [0.15, 0.2) is 17.3 Å². The van der Waals surface area contributed by atoms with Gasteiger partial charge in [0.05, 0.1) is 23.8 Å². The molecular formula is C28H27N5O3S. The van der Waals surface area contributed by atoms with E-state index in [-0.39, 0.29) is 18.0 Å². The number of nitrogens with zero attached hydrogens (tertiary/aromatic N) is 4. The van der Waals surface area contributed by atoms with E-state index in [1.807, 2.05) is 25.1 Å². The van der Waals surface area contributed by atoms with Gasteiger partial charge in [-0.2, -0.15) is 20.4 Å². The van der Waals surface area contributed by atoms with Crippen LogP contribution in [-0.4, -0.2) is 33.6 Å². The highest BCUT2D eigenvalue weighted by Gasteiger charge is 2.38. The molecule has 1 saturated carbocycles. The van der Waals surface area contributed by atoms with Gasteiger partial charge < -0.3 is 9.47 Å². The van der Waals surface area contributed by atoms with Crippen molar-refractivity contribution in [2.45, 2.75) is 45.6 Å². The highest BCUT2D eigenvalue weighted by molar-refractivity contribution is 8.27. The molecule has 1 N–H and O–H groups in total. The van der Waals surface area contributed by atoms with Gasteiger partial charge in [0, 0.05) is 11.5 Å². The SMILES string of the molecule is CCOc1cc(/C=C2\C(=N)N3N=C(C4CCCCC4)SC3=NC2=O)ccc1OCc1ccccc1C#N. The first-order chi connectivity index (χ1) is 18.1. The molecule has 0 spiro atoms. The normalized spacial score (nSPS) is 18.8. The summed E-state index contributed by atoms with van der Waals surface area (Å²) in [6.45, 7) is 2.53. The molecule has 1 aliphatic carbocycles. The summed E-state index contributed by atoms with van der Waals surface area (Å²) in [5, 5.41) is 25.6. The molecule has 9 heteroatoms. The second kappa shape index (κ2) is 11.0. The number of carbonyl (C=O) groups excluding carboxylic acids is 1. The number of amidine groups is 2. The third-order valence-corrected chi connectivity index (χ3v) is 7.60. The van der Waals surface area contributed by atoms with E-state index in [1.54, 1.807) is 30.3 Å². The fourth-order valence-electron chi connectivity index (χ4n) is 4.60. The first-order valence-corrected chi connectivity index (χ1v) is 13.3. The lowest BCUT2D eigenvalue weighted by Crippen LogP contribution is -2.35. The molecule has 8 nitrogen and oxygen atoms in total. The maximum Gasteiger partial charge on any atom is 0.283 e. The molecule has 0 unspecified atom stereocenters. The summed E-state index contributed by atoms with van der Waals surface area (Å²) in [6.07, 6.45) is 7.44. The Kier molecular flexibility index (Phi) is 7.37. The number of fused-ring (bicyclic) bond motifs is 1. The predicted molar refractivity (Wildman–Crippen MR) is 145 cm³/mol. The van der Waals surface area contributed by atoms with Crippen molar-refractivity contribution < 1.29 is 14.3 Å². The molecule has 0 aromatic heterocycles. The van der Waals surface area contributed by atoms with Crippen molar-refractivity contribution in [3.05, 3.63) is 64.7 Å². The minimum absolute atomic E-state index is 0.0275. The molecule has 0 saturated heterocycles. The third-order valence-electron chi connectivity index (χ3n) is 6.52. The lowest BCUT2D eigenvalue weighted by atomic mass is 9.90. The first-order valence-electron chi connectivity index (χ1n) is 12.4. The number of hydrogen-bond acceptors (Lipinski definition) is 7. The summed E-state index contributed by atoms with van der Waals surface area (Å²) in [4.78, 5) is 17.1. The van der Waals surface area contributed by atoms with Crippen molar-refractivity contribution in [3.63, 3.8) is 0 Å². The van der Waals surface area contributed by atoms with Gasteiger partial charge in [0.2, 0.25) is 5.17 Å². The molecular weight excluding hydrogens is 486 g/mol. The van der Waals surface area contributed by atoms with Crippen molar-refractivity contribution in [3.8, 4) is 17.6 Å². The van der Waals surface area contributed by atoms with E-state index in [0.29, 0.717) is 40.3 Å². The average molecular weight is 514 g/mol. The molecule has 0 radical (unpaired) electrons. The molecule has 188 valence electrons. The Morgan fingerprint density at radius 2 is 1.97 bits per heavy atom. The van der Waals surface area contributed by atoms with Gasteiger partial charge in [0.1, 0.15) is 11.7 Å². The van der Waals surface area contributed by atoms with Crippen molar-refractivity contribution in [2.75, 3.05) is 6.61 Å². The number of thioether (sulfide) groups is 1. The minimum atomic E-state index is -0.449. The molecule has 1 fully saturated rings. The summed E-state index contributed by atoms with van der Waals surface area (Å²) in [6, 6.07) is 14.8. The van der Waals surface area contributed by atoms with Crippen molar-refractivity contribution in [2.24, 2.45) is 16.0 Å². The van der Waals surface area contributed by atoms with Crippen LogP contribution in [0.2, 0.25) is 0 Å². The zero-order chi connectivity index (χ0) is 25.8. The van der Waals surface area contributed by atoms with Gasteiger partial charge in [-0.05, 0) is 61.4 Å². The van der Waals surface area contributed by atoms with Gasteiger partial charge in [-0.1, -0.05) is 43.5 Å². The topological polar surface area (TPSA) is 111 Å². The standard InChI is InChI=1S/C28H27N5O3S/c1-2-35-24-15-18(12-13-23(24)36-17-21-11-7-6-10-20(21)16-29)14-22-25(30)33-28(31-26(22)34)37-27(32-33)19-8-4-3-5-9-19/h6-7,10-15,19,30H,2-5,8-9,17H2,1H3/b22-14+,30-25?. The number of hydrazone groups is 1. The van der Waals surface area contributed by atoms with Gasteiger partial charge in [-0.25, -0.2) is 0 Å². The van der Waals surface area contributed by atoms with Crippen LogP contribution in [0.4, 0.5) is 0 Å². The number of ether oxygens (including phenoxy) is 2. The summed E-state index contributed by atoms with van der Waals surface area (Å²) < 4.78 is 11.8. The molecule has 2 aliphatic heterocycles. The van der Waals surface area contributed by atoms with Crippen molar-refractivity contribution in [1.82, 2.24) is 5.01 Å². The van der Waals surface area contributed by atoms with E-state index in [1.165, 1.54) is 36.0 Å². The van der Waals surface area contributed by atoms with Crippen LogP contribution in [0.25, 0.3) is 6.08 Å². The molecule has 2 heterocycles. The van der Waals surface area contributed by atoms with Gasteiger partial charge in [0.25, 0.3) is 5.91 Å². The summed E-state index contributed by atoms with van der Waals surface area (Å²) in [5.74, 6) is 0.998. The number of rotatable bonds is 7.